The number of halogens is 1. The Morgan fingerprint density at radius 3 is 2.87 bits per heavy atom. The maximum absolute atomic E-state index is 12.6. The third kappa shape index (κ3) is 6.09. The zero-order valence-corrected chi connectivity index (χ0v) is 20.4. The minimum Gasteiger partial charge on any atom is -0.497 e. The van der Waals surface area contributed by atoms with Crippen molar-refractivity contribution in [1.29, 1.82) is 0 Å². The third-order valence-electron chi connectivity index (χ3n) is 5.40. The first-order valence-electron chi connectivity index (χ1n) is 10.6. The highest BCUT2D eigenvalue weighted by molar-refractivity contribution is 14.1. The van der Waals surface area contributed by atoms with E-state index >= 15 is 0 Å². The van der Waals surface area contributed by atoms with Gasteiger partial charge in [-0.05, 0) is 55.0 Å². The molecule has 1 unspecified atom stereocenters. The fraction of sp³-hybridized carbons (Fsp3) is 0.360. The van der Waals surface area contributed by atoms with Crippen LogP contribution >= 0.6 is 22.6 Å². The summed E-state index contributed by atoms with van der Waals surface area (Å²) in [5.74, 6) is 0.750. The van der Waals surface area contributed by atoms with Crippen molar-refractivity contribution >= 4 is 39.9 Å². The Morgan fingerprint density at radius 1 is 1.39 bits per heavy atom. The molecule has 0 radical (unpaired) electrons. The number of benzene rings is 1. The minimum atomic E-state index is -0.0765. The molecule has 6 heteroatoms. The van der Waals surface area contributed by atoms with Gasteiger partial charge in [0.15, 0.2) is 0 Å². The average molecular weight is 531 g/mol. The molecule has 1 atom stereocenters. The van der Waals surface area contributed by atoms with E-state index in [1.54, 1.807) is 7.11 Å². The van der Waals surface area contributed by atoms with Crippen LogP contribution in [0.2, 0.25) is 0 Å². The number of nitrogens with zero attached hydrogens (tertiary/aromatic N) is 1. The molecule has 0 aliphatic heterocycles. The number of nitrogens with one attached hydrogen (secondary N) is 1. The molecular weight excluding hydrogens is 501 g/mol. The SMILES string of the molecule is C=C(NC(=O)CC1=CCC(I)C=C1)C(CCC)=NC1=C(N)CCc2cc(OC)ccc21. The summed E-state index contributed by atoms with van der Waals surface area (Å²) in [6, 6.07) is 5.97. The molecule has 0 saturated heterocycles. The summed E-state index contributed by atoms with van der Waals surface area (Å²) in [6.07, 6.45) is 10.8. The number of ether oxygens (including phenoxy) is 1. The van der Waals surface area contributed by atoms with Gasteiger partial charge >= 0.3 is 0 Å². The van der Waals surface area contributed by atoms with Crippen molar-refractivity contribution in [3.63, 3.8) is 0 Å². The molecule has 0 bridgehead atoms. The number of aryl methyl sites for hydroxylation is 1. The first-order valence-corrected chi connectivity index (χ1v) is 11.9. The van der Waals surface area contributed by atoms with Gasteiger partial charge in [-0.25, -0.2) is 4.99 Å². The lowest BCUT2D eigenvalue weighted by Gasteiger charge is -2.21. The van der Waals surface area contributed by atoms with Gasteiger partial charge in [0.1, 0.15) is 5.75 Å². The largest absolute Gasteiger partial charge is 0.497 e. The standard InChI is InChI=1S/C25H30IN3O2/c1-4-5-23(16(2)28-24(30)14-17-6-9-19(26)10-7-17)29-25-21-12-11-20(31-3)15-18(21)8-13-22(25)27/h6-7,9,11-12,15,19H,2,4-5,8,10,13-14,27H2,1,3H3,(H,28,30). The number of hydrogen-bond donors (Lipinski definition) is 2. The average Bonchev–Trinajstić information content (AvgIpc) is 2.76. The van der Waals surface area contributed by atoms with E-state index in [1.807, 2.05) is 24.3 Å². The highest BCUT2D eigenvalue weighted by Crippen LogP contribution is 2.33. The molecule has 2 aliphatic rings. The van der Waals surface area contributed by atoms with Crippen molar-refractivity contribution in [2.75, 3.05) is 7.11 Å². The van der Waals surface area contributed by atoms with Crippen LogP contribution < -0.4 is 15.8 Å². The second-order valence-electron chi connectivity index (χ2n) is 7.80. The van der Waals surface area contributed by atoms with Gasteiger partial charge in [0.25, 0.3) is 0 Å². The minimum absolute atomic E-state index is 0.0765. The number of allylic oxidation sites excluding steroid dienone is 5. The van der Waals surface area contributed by atoms with E-state index in [0.29, 0.717) is 22.5 Å². The summed E-state index contributed by atoms with van der Waals surface area (Å²) in [5.41, 5.74) is 12.4. The van der Waals surface area contributed by atoms with Crippen LogP contribution in [0.5, 0.6) is 5.75 Å². The molecule has 0 saturated carbocycles. The van der Waals surface area contributed by atoms with Crippen molar-refractivity contribution in [3.05, 3.63) is 71.1 Å². The van der Waals surface area contributed by atoms with E-state index in [-0.39, 0.29) is 5.91 Å². The Bertz CT molecular complexity index is 988. The van der Waals surface area contributed by atoms with Gasteiger partial charge in [-0.1, -0.05) is 60.7 Å². The predicted octanol–water partition coefficient (Wildman–Crippen LogP) is 5.22. The van der Waals surface area contributed by atoms with E-state index in [9.17, 15) is 4.79 Å². The molecular formula is C25H30IN3O2. The van der Waals surface area contributed by atoms with Gasteiger partial charge in [-0.2, -0.15) is 0 Å². The summed E-state index contributed by atoms with van der Waals surface area (Å²) >= 11 is 2.39. The summed E-state index contributed by atoms with van der Waals surface area (Å²) in [7, 11) is 1.67. The maximum atomic E-state index is 12.6. The normalized spacial score (nSPS) is 18.4. The quantitative estimate of drug-likeness (QED) is 0.275. The molecule has 0 fully saturated rings. The number of carbonyl (C=O) groups excluding carboxylic acids is 1. The molecule has 0 aromatic heterocycles. The van der Waals surface area contributed by atoms with E-state index in [1.165, 1.54) is 5.56 Å². The van der Waals surface area contributed by atoms with Crippen LogP contribution in [0, 0.1) is 0 Å². The predicted molar refractivity (Wildman–Crippen MR) is 136 cm³/mol. The second kappa shape index (κ2) is 10.8. The van der Waals surface area contributed by atoms with Crippen LogP contribution in [0.4, 0.5) is 0 Å². The van der Waals surface area contributed by atoms with E-state index in [0.717, 1.165) is 59.7 Å². The summed E-state index contributed by atoms with van der Waals surface area (Å²) in [6.45, 7) is 6.19. The van der Waals surface area contributed by atoms with Crippen molar-refractivity contribution < 1.29 is 9.53 Å². The topological polar surface area (TPSA) is 76.7 Å². The lowest BCUT2D eigenvalue weighted by atomic mass is 9.92. The molecule has 2 aliphatic carbocycles. The Labute approximate surface area is 198 Å². The number of nitrogens with two attached hydrogens (primary N) is 1. The lowest BCUT2D eigenvalue weighted by Crippen LogP contribution is -2.27. The first kappa shape index (κ1) is 23.3. The number of methoxy groups -OCH3 is 1. The van der Waals surface area contributed by atoms with Gasteiger partial charge in [0.05, 0.1) is 30.6 Å². The third-order valence-corrected chi connectivity index (χ3v) is 6.32. The zero-order chi connectivity index (χ0) is 22.4. The monoisotopic (exact) mass is 531 g/mol. The summed E-state index contributed by atoms with van der Waals surface area (Å²) in [4.78, 5) is 17.5. The molecule has 5 nitrogen and oxygen atoms in total. The Hall–Kier alpha value is -2.35. The molecule has 3 N–H and O–H groups in total. The molecule has 1 aromatic carbocycles. The molecule has 31 heavy (non-hydrogen) atoms. The first-order chi connectivity index (χ1) is 14.9. The van der Waals surface area contributed by atoms with Crippen molar-refractivity contribution in [1.82, 2.24) is 5.32 Å². The molecule has 0 spiro atoms. The van der Waals surface area contributed by atoms with Gasteiger partial charge in [0.2, 0.25) is 5.91 Å². The highest BCUT2D eigenvalue weighted by Gasteiger charge is 2.19. The molecule has 1 aromatic rings. The van der Waals surface area contributed by atoms with Gasteiger partial charge in [-0.3, -0.25) is 4.79 Å². The van der Waals surface area contributed by atoms with Gasteiger partial charge in [0, 0.05) is 15.2 Å². The number of hydrogen-bond acceptors (Lipinski definition) is 4. The van der Waals surface area contributed by atoms with Crippen LogP contribution in [-0.2, 0) is 11.2 Å². The smallest absolute Gasteiger partial charge is 0.228 e. The van der Waals surface area contributed by atoms with Crippen LogP contribution in [-0.4, -0.2) is 22.7 Å². The maximum Gasteiger partial charge on any atom is 0.228 e. The van der Waals surface area contributed by atoms with Crippen molar-refractivity contribution in [2.45, 2.75) is 49.4 Å². The van der Waals surface area contributed by atoms with Crippen LogP contribution in [0.25, 0.3) is 5.70 Å². The van der Waals surface area contributed by atoms with Crippen molar-refractivity contribution in [3.8, 4) is 5.75 Å². The van der Waals surface area contributed by atoms with Crippen LogP contribution in [0.3, 0.4) is 0 Å². The molecule has 3 rings (SSSR count). The number of alkyl halides is 1. The van der Waals surface area contributed by atoms with Crippen LogP contribution in [0.15, 0.2) is 65.0 Å². The summed E-state index contributed by atoms with van der Waals surface area (Å²) < 4.78 is 5.86. The van der Waals surface area contributed by atoms with Crippen LogP contribution in [0.1, 0.15) is 50.2 Å². The van der Waals surface area contributed by atoms with Crippen molar-refractivity contribution in [2.24, 2.45) is 10.7 Å². The molecule has 164 valence electrons. The molecule has 1 amide bonds. The number of rotatable bonds is 8. The van der Waals surface area contributed by atoms with E-state index < -0.39 is 0 Å². The second-order valence-corrected chi connectivity index (χ2v) is 9.40. The summed E-state index contributed by atoms with van der Waals surface area (Å²) in [5, 5.41) is 2.95. The fourth-order valence-electron chi connectivity index (χ4n) is 3.71. The number of carbonyl (C=O) groups is 1. The van der Waals surface area contributed by atoms with Gasteiger partial charge < -0.3 is 15.8 Å². The fourth-order valence-corrected chi connectivity index (χ4v) is 4.18. The van der Waals surface area contributed by atoms with Gasteiger partial charge in [-0.15, -0.1) is 0 Å². The van der Waals surface area contributed by atoms with E-state index in [2.05, 4.69) is 53.6 Å². The van der Waals surface area contributed by atoms with E-state index in [4.69, 9.17) is 15.5 Å². The number of fused-ring (bicyclic) bond motifs is 1. The highest BCUT2D eigenvalue weighted by atomic mass is 127. The Morgan fingerprint density at radius 2 is 2.19 bits per heavy atom. The zero-order valence-electron chi connectivity index (χ0n) is 18.2. The number of amides is 1. The Kier molecular flexibility index (Phi) is 8.12. The Balaban J connectivity index is 1.79. The number of aliphatic imine (C=N–C) groups is 1. The lowest BCUT2D eigenvalue weighted by molar-refractivity contribution is -0.119. The molecule has 0 heterocycles.